The lowest BCUT2D eigenvalue weighted by atomic mass is 9.97. The number of carbonyl (C=O) groups excluding carboxylic acids is 1. The largest absolute Gasteiger partial charge is 0.485 e. The van der Waals surface area contributed by atoms with Crippen molar-refractivity contribution in [2.24, 2.45) is 0 Å². The van der Waals surface area contributed by atoms with E-state index in [2.05, 4.69) is 5.32 Å². The number of hydrogen-bond acceptors (Lipinski definition) is 4. The Morgan fingerprint density at radius 1 is 1.19 bits per heavy atom. The summed E-state index contributed by atoms with van der Waals surface area (Å²) in [5, 5.41) is 12.0. The van der Waals surface area contributed by atoms with Crippen LogP contribution in [0, 0.1) is 0 Å². The molecule has 6 heteroatoms. The quantitative estimate of drug-likeness (QED) is 0.878. The lowest BCUT2D eigenvalue weighted by molar-refractivity contribution is -0.149. The molecule has 1 aromatic rings. The number of ether oxygens (including phenoxy) is 2. The number of benzene rings is 1. The van der Waals surface area contributed by atoms with Gasteiger partial charge in [0.05, 0.1) is 0 Å². The third kappa shape index (κ3) is 2.53. The minimum absolute atomic E-state index is 0.0819. The number of nitrogens with one attached hydrogen (secondary N) is 1. The fourth-order valence-electron chi connectivity index (χ4n) is 2.84. The van der Waals surface area contributed by atoms with Crippen molar-refractivity contribution >= 4 is 11.9 Å². The maximum absolute atomic E-state index is 12.3. The second kappa shape index (κ2) is 5.27. The lowest BCUT2D eigenvalue weighted by Gasteiger charge is -2.30. The van der Waals surface area contributed by atoms with Crippen molar-refractivity contribution in [3.05, 3.63) is 24.3 Å². The van der Waals surface area contributed by atoms with E-state index in [-0.39, 0.29) is 6.61 Å². The van der Waals surface area contributed by atoms with Crippen molar-refractivity contribution in [3.8, 4) is 11.5 Å². The van der Waals surface area contributed by atoms with Gasteiger partial charge in [-0.25, -0.2) is 4.79 Å². The molecule has 1 unspecified atom stereocenters. The molecule has 0 radical (unpaired) electrons. The third-order valence-electron chi connectivity index (χ3n) is 4.03. The molecule has 1 fully saturated rings. The fraction of sp³-hybridized carbons (Fsp3) is 0.467. The topological polar surface area (TPSA) is 84.9 Å². The zero-order valence-electron chi connectivity index (χ0n) is 11.5. The predicted molar refractivity (Wildman–Crippen MR) is 73.3 cm³/mol. The molecule has 1 atom stereocenters. The minimum atomic E-state index is -1.16. The smallest absolute Gasteiger partial charge is 0.329 e. The number of para-hydroxylation sites is 2. The molecule has 1 amide bonds. The van der Waals surface area contributed by atoms with Gasteiger partial charge >= 0.3 is 5.97 Å². The van der Waals surface area contributed by atoms with E-state index in [0.29, 0.717) is 24.3 Å². The maximum Gasteiger partial charge on any atom is 0.329 e. The molecule has 21 heavy (non-hydrogen) atoms. The van der Waals surface area contributed by atoms with Gasteiger partial charge in [-0.1, -0.05) is 25.0 Å². The molecule has 1 saturated carbocycles. The Morgan fingerprint density at radius 2 is 1.86 bits per heavy atom. The van der Waals surface area contributed by atoms with Crippen LogP contribution in [-0.2, 0) is 9.59 Å². The fourth-order valence-corrected chi connectivity index (χ4v) is 2.84. The van der Waals surface area contributed by atoms with E-state index in [9.17, 15) is 14.7 Å². The van der Waals surface area contributed by atoms with Crippen LogP contribution < -0.4 is 14.8 Å². The number of carboxylic acids is 1. The third-order valence-corrected chi connectivity index (χ3v) is 4.03. The number of rotatable bonds is 3. The Labute approximate surface area is 122 Å². The number of carbonyl (C=O) groups is 2. The van der Waals surface area contributed by atoms with Gasteiger partial charge in [0.1, 0.15) is 12.1 Å². The molecule has 1 aliphatic heterocycles. The monoisotopic (exact) mass is 291 g/mol. The first kappa shape index (κ1) is 13.7. The van der Waals surface area contributed by atoms with Crippen LogP contribution in [0.3, 0.4) is 0 Å². The number of fused-ring (bicyclic) bond motifs is 1. The second-order valence-electron chi connectivity index (χ2n) is 5.45. The van der Waals surface area contributed by atoms with E-state index >= 15 is 0 Å². The van der Waals surface area contributed by atoms with Crippen molar-refractivity contribution in [3.63, 3.8) is 0 Å². The predicted octanol–water partition coefficient (Wildman–Crippen LogP) is 1.34. The van der Waals surface area contributed by atoms with Gasteiger partial charge in [0.15, 0.2) is 11.5 Å². The summed E-state index contributed by atoms with van der Waals surface area (Å²) < 4.78 is 11.1. The van der Waals surface area contributed by atoms with Crippen molar-refractivity contribution in [1.82, 2.24) is 5.32 Å². The highest BCUT2D eigenvalue weighted by atomic mass is 16.6. The molecule has 0 bridgehead atoms. The summed E-state index contributed by atoms with van der Waals surface area (Å²) in [5.74, 6) is -0.325. The zero-order chi connectivity index (χ0) is 14.9. The Hall–Kier alpha value is -2.24. The molecular formula is C15H17NO5. The van der Waals surface area contributed by atoms with Crippen LogP contribution in [0.25, 0.3) is 0 Å². The van der Waals surface area contributed by atoms with Gasteiger partial charge in [-0.3, -0.25) is 4.79 Å². The average Bonchev–Trinajstić information content (AvgIpc) is 2.96. The van der Waals surface area contributed by atoms with E-state index in [4.69, 9.17) is 9.47 Å². The van der Waals surface area contributed by atoms with E-state index in [1.54, 1.807) is 18.2 Å². The highest BCUT2D eigenvalue weighted by Crippen LogP contribution is 2.33. The van der Waals surface area contributed by atoms with Crippen LogP contribution in [0.2, 0.25) is 0 Å². The summed E-state index contributed by atoms with van der Waals surface area (Å²) in [7, 11) is 0. The summed E-state index contributed by atoms with van der Waals surface area (Å²) in [6, 6.07) is 7.09. The molecule has 2 aliphatic rings. The van der Waals surface area contributed by atoms with Gasteiger partial charge in [0, 0.05) is 0 Å². The molecule has 0 spiro atoms. The van der Waals surface area contributed by atoms with Crippen LogP contribution >= 0.6 is 0 Å². The van der Waals surface area contributed by atoms with Crippen LogP contribution in [0.15, 0.2) is 24.3 Å². The van der Waals surface area contributed by atoms with Crippen molar-refractivity contribution in [2.75, 3.05) is 6.61 Å². The van der Waals surface area contributed by atoms with Gasteiger partial charge in [0.2, 0.25) is 6.10 Å². The number of hydrogen-bond donors (Lipinski definition) is 2. The van der Waals surface area contributed by atoms with Gasteiger partial charge in [-0.2, -0.15) is 0 Å². The number of amides is 1. The van der Waals surface area contributed by atoms with Gasteiger partial charge in [0.25, 0.3) is 5.91 Å². The van der Waals surface area contributed by atoms with Crippen molar-refractivity contribution in [2.45, 2.75) is 37.3 Å². The van der Waals surface area contributed by atoms with Gasteiger partial charge in [-0.15, -0.1) is 0 Å². The first-order valence-corrected chi connectivity index (χ1v) is 7.05. The molecule has 0 aromatic heterocycles. The molecule has 6 nitrogen and oxygen atoms in total. The summed E-state index contributed by atoms with van der Waals surface area (Å²) in [4.78, 5) is 23.7. The highest BCUT2D eigenvalue weighted by Gasteiger charge is 2.44. The summed E-state index contributed by atoms with van der Waals surface area (Å²) >= 11 is 0. The van der Waals surface area contributed by atoms with Crippen LogP contribution in [-0.4, -0.2) is 35.2 Å². The average molecular weight is 291 g/mol. The molecule has 0 saturated heterocycles. The molecule has 1 aliphatic carbocycles. The molecule has 112 valence electrons. The first-order valence-electron chi connectivity index (χ1n) is 7.05. The Kier molecular flexibility index (Phi) is 3.45. The second-order valence-corrected chi connectivity index (χ2v) is 5.45. The van der Waals surface area contributed by atoms with Gasteiger partial charge < -0.3 is 19.9 Å². The van der Waals surface area contributed by atoms with Crippen LogP contribution in [0.1, 0.15) is 25.7 Å². The summed E-state index contributed by atoms with van der Waals surface area (Å²) in [5.41, 5.74) is -1.16. The normalized spacial score (nSPS) is 22.6. The van der Waals surface area contributed by atoms with E-state index < -0.39 is 23.5 Å². The summed E-state index contributed by atoms with van der Waals surface area (Å²) in [6.07, 6.45) is 1.70. The number of carboxylic acid groups (broad SMARTS) is 1. The molecule has 2 N–H and O–H groups in total. The Balaban J connectivity index is 1.71. The van der Waals surface area contributed by atoms with Crippen LogP contribution in [0.4, 0.5) is 0 Å². The maximum atomic E-state index is 12.3. The molecule has 1 heterocycles. The van der Waals surface area contributed by atoms with Crippen molar-refractivity contribution in [1.29, 1.82) is 0 Å². The SMILES string of the molecule is O=C(NC1(C(=O)O)CCCC1)C1COc2ccccc2O1. The lowest BCUT2D eigenvalue weighted by Crippen LogP contribution is -2.57. The standard InChI is InChI=1S/C15H17NO5/c17-13(16-15(14(18)19)7-3-4-8-15)12-9-20-10-5-1-2-6-11(10)21-12/h1-2,5-6,12H,3-4,7-9H2,(H,16,17)(H,18,19). The van der Waals surface area contributed by atoms with Crippen LogP contribution in [0.5, 0.6) is 11.5 Å². The highest BCUT2D eigenvalue weighted by molar-refractivity contribution is 5.89. The first-order chi connectivity index (χ1) is 10.1. The Morgan fingerprint density at radius 3 is 2.52 bits per heavy atom. The Bertz CT molecular complexity index is 565. The van der Waals surface area contributed by atoms with Gasteiger partial charge in [-0.05, 0) is 25.0 Å². The number of aliphatic carboxylic acids is 1. The zero-order valence-corrected chi connectivity index (χ0v) is 11.5. The minimum Gasteiger partial charge on any atom is -0.485 e. The van der Waals surface area contributed by atoms with E-state index in [1.165, 1.54) is 0 Å². The van der Waals surface area contributed by atoms with E-state index in [0.717, 1.165) is 12.8 Å². The molecule has 3 rings (SSSR count). The van der Waals surface area contributed by atoms with E-state index in [1.807, 2.05) is 6.07 Å². The summed E-state index contributed by atoms with van der Waals surface area (Å²) in [6.45, 7) is 0.0819. The van der Waals surface area contributed by atoms with Crippen molar-refractivity contribution < 1.29 is 24.2 Å². The molecule has 1 aromatic carbocycles. The molecular weight excluding hydrogens is 274 g/mol.